The summed E-state index contributed by atoms with van der Waals surface area (Å²) < 4.78 is 0. The SMILES string of the molecule is CC1(C)c2cc(-c3ccccn3)[c-]cc2-c2cc3c4ccccc4c4ccccc4c3cc21.CC1(C)c2cc(-c3ccccn3)ccc2-c2cc3c4ccccc4c4ccccc4c3cc21.CO.CO.[Ir].[Ir].[c-]1ccccc1-c1ccccn1.[c-]1ccccc1-c1ccccn1. The molecular weight excluding hydrogens is 1530 g/mol. The molecule has 8 heteroatoms. The van der Waals surface area contributed by atoms with E-state index in [9.17, 15) is 0 Å². The van der Waals surface area contributed by atoms with Crippen molar-refractivity contribution in [3.63, 3.8) is 0 Å². The molecule has 0 fully saturated rings. The van der Waals surface area contributed by atoms with Crippen LogP contribution in [0.3, 0.4) is 0 Å². The van der Waals surface area contributed by atoms with Crippen LogP contribution < -0.4 is 0 Å². The first-order valence-electron chi connectivity index (χ1n) is 31.6. The predicted octanol–water partition coefficient (Wildman–Crippen LogP) is 21.1. The number of hydrogen-bond acceptors (Lipinski definition) is 6. The van der Waals surface area contributed by atoms with Gasteiger partial charge in [0, 0.05) is 90.2 Å². The van der Waals surface area contributed by atoms with Crippen molar-refractivity contribution in [1.29, 1.82) is 0 Å². The van der Waals surface area contributed by atoms with Crippen molar-refractivity contribution in [3.8, 4) is 67.3 Å². The third kappa shape index (κ3) is 12.9. The zero-order valence-corrected chi connectivity index (χ0v) is 58.9. The first-order valence-corrected chi connectivity index (χ1v) is 31.6. The molecule has 2 N–H and O–H groups in total. The van der Waals surface area contributed by atoms with Crippen LogP contribution in [0.4, 0.5) is 0 Å². The number of aliphatic hydroxyl groups excluding tert-OH is 2. The molecule has 0 atom stereocenters. The standard InChI is InChI=1S/C32H23N.C32H22N.2C11H8N.2CH4O.2Ir/c2*1-32(2)29-17-20(31-13-7-8-16-33-31)14-15-25(29)28-18-26-23-11-5-3-9-21(23)22-10-4-6-12-24(22)27(26)19-30(28)32;2*1-2-6-10(7-3-1)11-8-4-5-9-12-11;2*1-2;;/h3-19H,1-2H3;3-13,15-19H,1-2H3;2*1-6,8-9H;2*2H,1H3;;/q;3*-1;;;;. The molecule has 0 amide bonds. The molecule has 0 unspecified atom stereocenters. The van der Waals surface area contributed by atoms with Crippen LogP contribution in [0.25, 0.3) is 132 Å². The van der Waals surface area contributed by atoms with Gasteiger partial charge < -0.3 is 25.2 Å². The van der Waals surface area contributed by atoms with Crippen LogP contribution in [0.15, 0.2) is 298 Å². The number of aromatic nitrogens is 4. The number of benzene rings is 12. The Labute approximate surface area is 588 Å². The molecule has 12 aromatic carbocycles. The molecule has 2 radical (unpaired) electrons. The van der Waals surface area contributed by atoms with E-state index in [1.165, 1.54) is 115 Å². The van der Waals surface area contributed by atoms with Crippen LogP contribution in [0.5, 0.6) is 0 Å². The molecule has 2 aliphatic rings. The van der Waals surface area contributed by atoms with Gasteiger partial charge in [-0.05, 0) is 170 Å². The van der Waals surface area contributed by atoms with Crippen LogP contribution in [0.2, 0.25) is 0 Å². The smallest absolute Gasteiger partial charge is 0.0702 e. The zero-order chi connectivity index (χ0) is 64.8. The van der Waals surface area contributed by atoms with Gasteiger partial charge in [0.2, 0.25) is 0 Å². The third-order valence-corrected chi connectivity index (χ3v) is 18.2. The van der Waals surface area contributed by atoms with Crippen LogP contribution in [0.1, 0.15) is 49.9 Å². The molecule has 4 heterocycles. The van der Waals surface area contributed by atoms with E-state index in [-0.39, 0.29) is 51.0 Å². The fourth-order valence-corrected chi connectivity index (χ4v) is 13.7. The Kier molecular flexibility index (Phi) is 20.9. The first kappa shape index (κ1) is 67.4. The summed E-state index contributed by atoms with van der Waals surface area (Å²) in [6.07, 6.45) is 7.29. The molecular formula is C88H69Ir2N4O2-3. The number of aliphatic hydroxyl groups is 2. The summed E-state index contributed by atoms with van der Waals surface area (Å²) in [5.41, 5.74) is 18.9. The molecule has 6 nitrogen and oxygen atoms in total. The maximum Gasteiger partial charge on any atom is 0.0702 e. The summed E-state index contributed by atoms with van der Waals surface area (Å²) >= 11 is 0. The van der Waals surface area contributed by atoms with E-state index in [0.717, 1.165) is 53.7 Å². The van der Waals surface area contributed by atoms with E-state index < -0.39 is 0 Å². The molecule has 0 spiro atoms. The van der Waals surface area contributed by atoms with Gasteiger partial charge in [-0.3, -0.25) is 4.98 Å². The summed E-state index contributed by atoms with van der Waals surface area (Å²) in [6.45, 7) is 9.40. The second-order valence-electron chi connectivity index (χ2n) is 24.2. The summed E-state index contributed by atoms with van der Waals surface area (Å²) in [6, 6.07) is 106. The van der Waals surface area contributed by atoms with Crippen LogP contribution in [0, 0.1) is 18.2 Å². The molecule has 2 aliphatic carbocycles. The van der Waals surface area contributed by atoms with Crippen molar-refractivity contribution in [1.82, 2.24) is 19.9 Å². The second-order valence-corrected chi connectivity index (χ2v) is 24.2. The summed E-state index contributed by atoms with van der Waals surface area (Å²) in [5.74, 6) is 0. The fraction of sp³-hybridized carbons (Fsp3) is 0.0909. The van der Waals surface area contributed by atoms with Gasteiger partial charge >= 0.3 is 0 Å². The van der Waals surface area contributed by atoms with E-state index in [0.29, 0.717) is 0 Å². The Balaban J connectivity index is 0.000000139. The van der Waals surface area contributed by atoms with Crippen molar-refractivity contribution in [2.75, 3.05) is 14.2 Å². The minimum absolute atomic E-state index is 0. The maximum atomic E-state index is 7.00. The Hall–Kier alpha value is -9.98. The topological polar surface area (TPSA) is 92.0 Å². The van der Waals surface area contributed by atoms with Crippen molar-refractivity contribution < 1.29 is 50.4 Å². The van der Waals surface area contributed by atoms with Gasteiger partial charge in [-0.15, -0.1) is 101 Å². The normalized spacial score (nSPS) is 12.2. The van der Waals surface area contributed by atoms with Crippen molar-refractivity contribution in [3.05, 3.63) is 338 Å². The van der Waals surface area contributed by atoms with Crippen molar-refractivity contribution >= 4 is 64.6 Å². The number of rotatable bonds is 4. The number of pyridine rings is 4. The second kappa shape index (κ2) is 29.8. The predicted molar refractivity (Wildman–Crippen MR) is 392 cm³/mol. The van der Waals surface area contributed by atoms with Crippen LogP contribution in [-0.4, -0.2) is 44.4 Å². The van der Waals surface area contributed by atoms with Crippen LogP contribution >= 0.6 is 0 Å². The van der Waals surface area contributed by atoms with Crippen molar-refractivity contribution in [2.45, 2.75) is 38.5 Å². The Morgan fingerprint density at radius 1 is 0.260 bits per heavy atom. The minimum atomic E-state index is -0.0930. The number of nitrogens with zero attached hydrogens (tertiary/aromatic N) is 4. The van der Waals surface area contributed by atoms with E-state index in [4.69, 9.17) is 10.2 Å². The summed E-state index contributed by atoms with van der Waals surface area (Å²) in [7, 11) is 2.00. The molecule has 0 saturated carbocycles. The van der Waals surface area contributed by atoms with Gasteiger partial charge in [-0.1, -0.05) is 197 Å². The van der Waals surface area contributed by atoms with Gasteiger partial charge in [-0.2, -0.15) is 0 Å². The minimum Gasteiger partial charge on any atom is -0.400 e. The van der Waals surface area contributed by atoms with E-state index in [2.05, 4.69) is 236 Å². The summed E-state index contributed by atoms with van der Waals surface area (Å²) in [5, 5.41) is 29.9. The number of fused-ring (bicyclic) bond motifs is 18. The molecule has 0 bridgehead atoms. The quantitative estimate of drug-likeness (QED) is 0.135. The van der Waals surface area contributed by atoms with Gasteiger partial charge in [0.25, 0.3) is 0 Å². The molecule has 4 aromatic heterocycles. The molecule has 16 aromatic rings. The van der Waals surface area contributed by atoms with E-state index >= 15 is 0 Å². The third-order valence-electron chi connectivity index (χ3n) is 18.2. The first-order chi connectivity index (χ1) is 46.2. The van der Waals surface area contributed by atoms with Gasteiger partial charge in [0.15, 0.2) is 0 Å². The number of hydrogen-bond donors (Lipinski definition) is 2. The van der Waals surface area contributed by atoms with E-state index in [1.54, 1.807) is 12.4 Å². The van der Waals surface area contributed by atoms with Crippen LogP contribution in [-0.2, 0) is 51.0 Å². The monoisotopic (exact) mass is 1600 g/mol. The molecule has 0 saturated heterocycles. The van der Waals surface area contributed by atoms with E-state index in [1.807, 2.05) is 116 Å². The fourth-order valence-electron chi connectivity index (χ4n) is 13.7. The largest absolute Gasteiger partial charge is 0.400 e. The molecule has 0 aliphatic heterocycles. The Bertz CT molecular complexity index is 4940. The van der Waals surface area contributed by atoms with Gasteiger partial charge in [-0.25, -0.2) is 0 Å². The van der Waals surface area contributed by atoms with Crippen molar-refractivity contribution in [2.24, 2.45) is 0 Å². The average Bonchev–Trinajstić information content (AvgIpc) is 1.50. The van der Waals surface area contributed by atoms with Gasteiger partial charge in [0.1, 0.15) is 0 Å². The van der Waals surface area contributed by atoms with Gasteiger partial charge in [0.05, 0.1) is 5.69 Å². The summed E-state index contributed by atoms with van der Waals surface area (Å²) in [4.78, 5) is 17.6. The molecule has 96 heavy (non-hydrogen) atoms. The average molecular weight is 1600 g/mol. The Morgan fingerprint density at radius 3 is 0.938 bits per heavy atom. The molecule has 18 rings (SSSR count). The maximum absolute atomic E-state index is 7.00. The Morgan fingerprint density at radius 2 is 0.573 bits per heavy atom. The zero-order valence-electron chi connectivity index (χ0n) is 54.1. The molecule has 474 valence electrons.